The second-order valence-electron chi connectivity index (χ2n) is 15.2. The summed E-state index contributed by atoms with van der Waals surface area (Å²) in [6, 6.07) is 36.0. The number of aliphatic hydroxyl groups excluding tert-OH is 1. The molecule has 11 nitrogen and oxygen atoms in total. The molecule has 6 rings (SSSR count). The van der Waals surface area contributed by atoms with Crippen molar-refractivity contribution in [2.75, 3.05) is 48.9 Å². The Morgan fingerprint density at radius 3 is 1.65 bits per heavy atom. The van der Waals surface area contributed by atoms with Crippen LogP contribution in [0.15, 0.2) is 138 Å². The maximum absolute atomic E-state index is 13.3. The number of carbonyl (C=O) groups excluding carboxylic acids is 2. The van der Waals surface area contributed by atoms with Crippen molar-refractivity contribution in [1.82, 2.24) is 15.0 Å². The SMILES string of the molecule is CN(CCO)c1ccc(/C=C/C=c2\cccc/c(=C\C=C\c3ccc(N(C)CCCC(=O)Oc4ccc(C(=O)Nc5ccc(-c6nc(C(Cl)(Cl)Cl)nc(C(Cl)(Cl)Cl)n6)cc5)cc4)cc3)c2=O)cc1. The quantitative estimate of drug-likeness (QED) is 0.0548. The van der Waals surface area contributed by atoms with Crippen molar-refractivity contribution in [1.29, 1.82) is 0 Å². The minimum Gasteiger partial charge on any atom is -0.427 e. The van der Waals surface area contributed by atoms with Gasteiger partial charge in [0.1, 0.15) is 5.75 Å². The molecule has 0 spiro atoms. The van der Waals surface area contributed by atoms with E-state index < -0.39 is 19.5 Å². The van der Waals surface area contributed by atoms with Crippen LogP contribution in [0.2, 0.25) is 0 Å². The first kappa shape index (κ1) is 51.6. The number of aromatic nitrogens is 3. The fourth-order valence-electron chi connectivity index (χ4n) is 6.49. The zero-order valence-corrected chi connectivity index (χ0v) is 41.2. The van der Waals surface area contributed by atoms with Gasteiger partial charge in [-0.15, -0.1) is 0 Å². The van der Waals surface area contributed by atoms with Crippen molar-refractivity contribution in [3.63, 3.8) is 0 Å². The number of halogens is 6. The number of benzene rings is 4. The fraction of sp³-hybridized carbons (Fsp3) is 0.176. The van der Waals surface area contributed by atoms with Crippen LogP contribution in [0.4, 0.5) is 17.1 Å². The zero-order chi connectivity index (χ0) is 48.8. The molecule has 5 aromatic carbocycles. The molecule has 1 aromatic heterocycles. The lowest BCUT2D eigenvalue weighted by molar-refractivity contribution is -0.134. The van der Waals surface area contributed by atoms with E-state index in [0.717, 1.165) is 22.5 Å². The predicted molar refractivity (Wildman–Crippen MR) is 278 cm³/mol. The molecule has 17 heteroatoms. The second kappa shape index (κ2) is 24.0. The topological polar surface area (TPSA) is 138 Å². The highest BCUT2D eigenvalue weighted by molar-refractivity contribution is 6.67. The Kier molecular flexibility index (Phi) is 18.2. The molecular weight excluding hydrogens is 989 g/mol. The summed E-state index contributed by atoms with van der Waals surface area (Å²) in [6.45, 7) is 1.26. The lowest BCUT2D eigenvalue weighted by atomic mass is 10.1. The smallest absolute Gasteiger partial charge is 0.311 e. The molecule has 0 radical (unpaired) electrons. The molecule has 0 bridgehead atoms. The van der Waals surface area contributed by atoms with Gasteiger partial charge < -0.3 is 25.0 Å². The van der Waals surface area contributed by atoms with E-state index in [-0.39, 0.29) is 35.9 Å². The van der Waals surface area contributed by atoms with E-state index in [1.807, 2.05) is 110 Å². The van der Waals surface area contributed by atoms with Crippen molar-refractivity contribution in [3.05, 3.63) is 182 Å². The Labute approximate surface area is 423 Å². The molecule has 350 valence electrons. The van der Waals surface area contributed by atoms with Gasteiger partial charge in [-0.1, -0.05) is 155 Å². The Balaban J connectivity index is 0.957. The van der Waals surface area contributed by atoms with Crippen LogP contribution in [0.3, 0.4) is 0 Å². The molecule has 1 heterocycles. The molecule has 0 fully saturated rings. The number of rotatable bonds is 16. The summed E-state index contributed by atoms with van der Waals surface area (Å²) in [7, 11) is 3.88. The van der Waals surface area contributed by atoms with Gasteiger partial charge in [-0.3, -0.25) is 14.4 Å². The maximum Gasteiger partial charge on any atom is 0.311 e. The molecule has 68 heavy (non-hydrogen) atoms. The third-order valence-corrected chi connectivity index (χ3v) is 11.2. The van der Waals surface area contributed by atoms with Crippen LogP contribution in [-0.4, -0.2) is 65.7 Å². The second-order valence-corrected chi connectivity index (χ2v) is 19.8. The molecule has 0 aliphatic rings. The van der Waals surface area contributed by atoms with E-state index in [1.54, 1.807) is 66.7 Å². The minimum absolute atomic E-state index is 0.0778. The molecule has 6 aromatic rings. The van der Waals surface area contributed by atoms with Crippen molar-refractivity contribution < 1.29 is 19.4 Å². The third-order valence-electron chi connectivity index (χ3n) is 10.2. The third kappa shape index (κ3) is 15.1. The molecular formula is C51H44Cl6N6O5. The van der Waals surface area contributed by atoms with Gasteiger partial charge in [0.05, 0.1) is 6.61 Å². The van der Waals surface area contributed by atoms with Crippen LogP contribution in [0.25, 0.3) is 35.7 Å². The van der Waals surface area contributed by atoms with Crippen LogP contribution in [0.1, 0.15) is 46.0 Å². The highest BCUT2D eigenvalue weighted by Gasteiger charge is 2.34. The zero-order valence-electron chi connectivity index (χ0n) is 36.6. The summed E-state index contributed by atoms with van der Waals surface area (Å²) in [5.74, 6) is -0.854. The monoisotopic (exact) mass is 1030 g/mol. The summed E-state index contributed by atoms with van der Waals surface area (Å²) < 4.78 is 1.51. The Morgan fingerprint density at radius 1 is 0.662 bits per heavy atom. The van der Waals surface area contributed by atoms with Crippen molar-refractivity contribution in [3.8, 4) is 17.1 Å². The number of alkyl halides is 6. The van der Waals surface area contributed by atoms with Gasteiger partial charge in [0.2, 0.25) is 7.59 Å². The number of nitrogens with zero attached hydrogens (tertiary/aromatic N) is 5. The maximum atomic E-state index is 13.3. The number of ether oxygens (including phenoxy) is 1. The highest BCUT2D eigenvalue weighted by Crippen LogP contribution is 2.41. The van der Waals surface area contributed by atoms with Gasteiger partial charge in [0.25, 0.3) is 5.91 Å². The van der Waals surface area contributed by atoms with Crippen LogP contribution >= 0.6 is 69.6 Å². The minimum atomic E-state index is -2.01. The van der Waals surface area contributed by atoms with Gasteiger partial charge in [-0.2, -0.15) is 0 Å². The number of allylic oxidation sites excluding steroid dienone is 2. The standard InChI is InChI=1S/C51H44Cl6N6O5/c1-62(41-25-15-34(16-26-41)8-5-12-36-10-3-4-11-37(45(36)66)13-6-9-35-17-27-42(28-18-35)63(2)32-33-64)31-7-14-44(65)68-43-29-21-39(22-30-43)47(67)58-40-23-19-38(20-24-40)46-59-48(50(52,53)54)61-49(60-46)51(55,56)57/h3-6,8-13,15-30,64H,7,14,31-33H2,1-2H3,(H,58,67)/b8-5+,9-6+,36-12+,37-13+. The van der Waals surface area contributed by atoms with Gasteiger partial charge in [-0.25, -0.2) is 15.0 Å². The molecule has 2 N–H and O–H groups in total. The average molecular weight is 1030 g/mol. The predicted octanol–water partition coefficient (Wildman–Crippen LogP) is 10.0. The molecule has 1 amide bonds. The number of amides is 1. The van der Waals surface area contributed by atoms with Crippen molar-refractivity contribution in [2.45, 2.75) is 20.4 Å². The van der Waals surface area contributed by atoms with Crippen LogP contribution in [-0.2, 0) is 12.4 Å². The molecule has 0 aliphatic heterocycles. The number of nitrogens with one attached hydrogen (secondary N) is 1. The summed E-state index contributed by atoms with van der Waals surface area (Å²) in [5, 5.41) is 13.1. The van der Waals surface area contributed by atoms with Crippen LogP contribution < -0.4 is 35.7 Å². The number of hydrogen-bond donors (Lipinski definition) is 2. The number of esters is 1. The van der Waals surface area contributed by atoms with E-state index in [9.17, 15) is 19.5 Å². The largest absolute Gasteiger partial charge is 0.427 e. The first-order valence-corrected chi connectivity index (χ1v) is 23.3. The summed E-state index contributed by atoms with van der Waals surface area (Å²) in [6.07, 6.45) is 12.0. The lowest BCUT2D eigenvalue weighted by Gasteiger charge is -2.19. The van der Waals surface area contributed by atoms with E-state index >= 15 is 0 Å². The van der Waals surface area contributed by atoms with E-state index in [4.69, 9.17) is 74.3 Å². The van der Waals surface area contributed by atoms with Gasteiger partial charge >= 0.3 is 5.97 Å². The molecule has 0 unspecified atom stereocenters. The summed E-state index contributed by atoms with van der Waals surface area (Å²) in [4.78, 5) is 55.4. The highest BCUT2D eigenvalue weighted by atomic mass is 35.6. The van der Waals surface area contributed by atoms with E-state index in [0.29, 0.717) is 52.5 Å². The lowest BCUT2D eigenvalue weighted by Crippen LogP contribution is -2.34. The fourth-order valence-corrected chi connectivity index (χ4v) is 7.00. The summed E-state index contributed by atoms with van der Waals surface area (Å²) in [5.41, 5.74) is 5.16. The first-order valence-electron chi connectivity index (χ1n) is 21.0. The van der Waals surface area contributed by atoms with Gasteiger partial charge in [0, 0.05) is 72.2 Å². The van der Waals surface area contributed by atoms with Crippen LogP contribution in [0.5, 0.6) is 5.75 Å². The number of aliphatic hydroxyl groups is 1. The molecule has 0 saturated heterocycles. The Hall–Kier alpha value is -5.76. The average Bonchev–Trinajstić information content (AvgIpc) is 3.49. The molecule has 0 saturated carbocycles. The first-order chi connectivity index (χ1) is 32.5. The van der Waals surface area contributed by atoms with E-state index in [2.05, 4.69) is 25.2 Å². The van der Waals surface area contributed by atoms with Crippen molar-refractivity contribution in [2.24, 2.45) is 0 Å². The summed E-state index contributed by atoms with van der Waals surface area (Å²) >= 11 is 35.9. The van der Waals surface area contributed by atoms with Gasteiger partial charge in [-0.05, 0) is 90.3 Å². The number of hydrogen-bond acceptors (Lipinski definition) is 10. The Morgan fingerprint density at radius 2 is 1.16 bits per heavy atom. The molecule has 0 atom stereocenters. The number of likely N-dealkylation sites (N-methyl/N-ethyl adjacent to an activating group) is 1. The Bertz CT molecular complexity index is 2910. The molecule has 0 aliphatic carbocycles. The number of carbonyl (C=O) groups is 2. The normalized spacial score (nSPS) is 12.4. The number of anilines is 3. The van der Waals surface area contributed by atoms with E-state index in [1.165, 1.54) is 0 Å². The van der Waals surface area contributed by atoms with Gasteiger partial charge in [0.15, 0.2) is 22.9 Å². The van der Waals surface area contributed by atoms with Crippen molar-refractivity contribution >= 4 is 123 Å². The van der Waals surface area contributed by atoms with Crippen LogP contribution in [0, 0.1) is 0 Å².